The van der Waals surface area contributed by atoms with Crippen LogP contribution in [-0.2, 0) is 0 Å². The van der Waals surface area contributed by atoms with Gasteiger partial charge in [-0.1, -0.05) is 5.16 Å². The van der Waals surface area contributed by atoms with Crippen molar-refractivity contribution < 1.29 is 9.60 Å². The lowest BCUT2D eigenvalue weighted by molar-refractivity contribution is 0.318. The fraction of sp³-hybridized carbons (Fsp3) is 0.0769. The lowest BCUT2D eigenvalue weighted by Gasteiger charge is -2.18. The Kier molecular flexibility index (Phi) is 3.61. The van der Waals surface area contributed by atoms with Crippen LogP contribution in [0.5, 0.6) is 0 Å². The predicted octanol–water partition coefficient (Wildman–Crippen LogP) is 2.08. The number of hydrogen-bond donors (Lipinski definition) is 2. The maximum atomic E-state index is 12.8. The monoisotopic (exact) mass is 260 g/mol. The first kappa shape index (κ1) is 12.8. The summed E-state index contributed by atoms with van der Waals surface area (Å²) in [6.45, 7) is 0. The van der Waals surface area contributed by atoms with Gasteiger partial charge in [0.05, 0.1) is 0 Å². The van der Waals surface area contributed by atoms with Crippen LogP contribution in [0.4, 0.5) is 15.9 Å². The Balaban J connectivity index is 2.24. The van der Waals surface area contributed by atoms with Crippen LogP contribution >= 0.6 is 0 Å². The second-order valence-electron chi connectivity index (χ2n) is 3.93. The zero-order valence-electron chi connectivity index (χ0n) is 10.3. The molecule has 0 spiro atoms. The Bertz CT molecular complexity index is 581. The third-order valence-corrected chi connectivity index (χ3v) is 2.71. The smallest absolute Gasteiger partial charge is 0.171 e. The highest BCUT2D eigenvalue weighted by Gasteiger charge is 2.06. The summed E-state index contributed by atoms with van der Waals surface area (Å²) in [5, 5.41) is 11.5. The van der Waals surface area contributed by atoms with Crippen LogP contribution in [0.2, 0.25) is 0 Å². The summed E-state index contributed by atoms with van der Waals surface area (Å²) in [5.74, 6) is 0.386. The topological polar surface area (TPSA) is 74.7 Å². The summed E-state index contributed by atoms with van der Waals surface area (Å²) in [5.41, 5.74) is 6.79. The van der Waals surface area contributed by atoms with Crippen LogP contribution in [0.25, 0.3) is 0 Å². The molecular weight excluding hydrogens is 247 g/mol. The van der Waals surface area contributed by atoms with Gasteiger partial charge >= 0.3 is 0 Å². The first-order valence-electron chi connectivity index (χ1n) is 5.55. The third kappa shape index (κ3) is 2.79. The summed E-state index contributed by atoms with van der Waals surface area (Å²) in [7, 11) is 1.82. The van der Waals surface area contributed by atoms with Crippen LogP contribution in [0.3, 0.4) is 0 Å². The molecule has 0 aliphatic heterocycles. The first-order valence-corrected chi connectivity index (χ1v) is 5.55. The number of benzene rings is 1. The second-order valence-corrected chi connectivity index (χ2v) is 3.93. The number of nitrogens with two attached hydrogens (primary N) is 1. The van der Waals surface area contributed by atoms with Gasteiger partial charge in [-0.3, -0.25) is 0 Å². The van der Waals surface area contributed by atoms with Gasteiger partial charge in [-0.25, -0.2) is 9.37 Å². The summed E-state index contributed by atoms with van der Waals surface area (Å²) >= 11 is 0. The Hall–Kier alpha value is -2.63. The Morgan fingerprint density at radius 2 is 1.95 bits per heavy atom. The highest BCUT2D eigenvalue weighted by atomic mass is 19.1. The van der Waals surface area contributed by atoms with Crippen LogP contribution in [0.1, 0.15) is 5.56 Å². The molecule has 0 unspecified atom stereocenters. The van der Waals surface area contributed by atoms with E-state index < -0.39 is 0 Å². The van der Waals surface area contributed by atoms with E-state index in [1.165, 1.54) is 18.3 Å². The molecule has 1 heterocycles. The molecule has 6 heteroatoms. The minimum Gasteiger partial charge on any atom is -0.409 e. The lowest BCUT2D eigenvalue weighted by Crippen LogP contribution is -2.15. The van der Waals surface area contributed by atoms with Crippen molar-refractivity contribution in [3.8, 4) is 0 Å². The van der Waals surface area contributed by atoms with E-state index in [1.807, 2.05) is 7.05 Å². The van der Waals surface area contributed by atoms with Crippen molar-refractivity contribution in [3.63, 3.8) is 0 Å². The average Bonchev–Trinajstić information content (AvgIpc) is 2.46. The third-order valence-electron chi connectivity index (χ3n) is 2.71. The fourth-order valence-corrected chi connectivity index (χ4v) is 1.59. The molecule has 0 aliphatic carbocycles. The minimum atomic E-state index is -0.285. The van der Waals surface area contributed by atoms with E-state index in [0.717, 1.165) is 5.69 Å². The zero-order valence-corrected chi connectivity index (χ0v) is 10.3. The number of oxime groups is 1. The standard InChI is InChI=1S/C13H13FN4O/c1-18(11-5-3-10(14)4-6-11)12-7-2-9(8-16-12)13(15)17-19/h2-8,19H,1H3,(H2,15,17). The highest BCUT2D eigenvalue weighted by molar-refractivity contribution is 5.96. The number of pyridine rings is 1. The van der Waals surface area contributed by atoms with Crippen LogP contribution < -0.4 is 10.6 Å². The van der Waals surface area contributed by atoms with E-state index in [-0.39, 0.29) is 11.7 Å². The predicted molar refractivity (Wildman–Crippen MR) is 71.2 cm³/mol. The lowest BCUT2D eigenvalue weighted by atomic mass is 10.2. The molecule has 0 aliphatic rings. The minimum absolute atomic E-state index is 0.00323. The van der Waals surface area contributed by atoms with E-state index in [1.54, 1.807) is 29.2 Å². The van der Waals surface area contributed by atoms with Gasteiger partial charge in [-0.05, 0) is 36.4 Å². The summed E-state index contributed by atoms with van der Waals surface area (Å²) in [6, 6.07) is 9.52. The van der Waals surface area contributed by atoms with E-state index in [4.69, 9.17) is 10.9 Å². The molecule has 19 heavy (non-hydrogen) atoms. The van der Waals surface area contributed by atoms with Crippen LogP contribution in [-0.4, -0.2) is 23.1 Å². The molecule has 0 amide bonds. The van der Waals surface area contributed by atoms with Gasteiger partial charge in [0.25, 0.3) is 0 Å². The van der Waals surface area contributed by atoms with E-state index in [2.05, 4.69) is 10.1 Å². The number of anilines is 2. The Morgan fingerprint density at radius 1 is 1.26 bits per heavy atom. The molecule has 0 atom stereocenters. The van der Waals surface area contributed by atoms with Gasteiger partial charge < -0.3 is 15.8 Å². The molecule has 1 aromatic heterocycles. The maximum Gasteiger partial charge on any atom is 0.171 e. The normalized spacial score (nSPS) is 11.4. The summed E-state index contributed by atoms with van der Waals surface area (Å²) in [6.07, 6.45) is 1.50. The summed E-state index contributed by atoms with van der Waals surface area (Å²) in [4.78, 5) is 6.01. The van der Waals surface area contributed by atoms with E-state index in [9.17, 15) is 4.39 Å². The molecule has 1 aromatic carbocycles. The molecule has 0 saturated carbocycles. The zero-order chi connectivity index (χ0) is 13.8. The number of nitrogens with zero attached hydrogens (tertiary/aromatic N) is 3. The average molecular weight is 260 g/mol. The number of amidine groups is 1. The largest absolute Gasteiger partial charge is 0.409 e. The molecular formula is C13H13FN4O. The molecule has 98 valence electrons. The summed E-state index contributed by atoms with van der Waals surface area (Å²) < 4.78 is 12.8. The van der Waals surface area contributed by atoms with Crippen molar-refractivity contribution in [3.05, 3.63) is 54.0 Å². The van der Waals surface area contributed by atoms with Crippen molar-refractivity contribution >= 4 is 17.3 Å². The SMILES string of the molecule is CN(c1ccc(F)cc1)c1ccc(C(N)=NO)cn1. The van der Waals surface area contributed by atoms with Gasteiger partial charge in [0, 0.05) is 24.5 Å². The molecule has 3 N–H and O–H groups in total. The van der Waals surface area contributed by atoms with E-state index >= 15 is 0 Å². The van der Waals surface area contributed by atoms with Crippen LogP contribution in [0, 0.1) is 5.82 Å². The van der Waals surface area contributed by atoms with Crippen molar-refractivity contribution in [2.24, 2.45) is 10.9 Å². The Morgan fingerprint density at radius 3 is 2.47 bits per heavy atom. The maximum absolute atomic E-state index is 12.8. The van der Waals surface area contributed by atoms with E-state index in [0.29, 0.717) is 11.4 Å². The molecule has 0 fully saturated rings. The van der Waals surface area contributed by atoms with Gasteiger partial charge in [0.1, 0.15) is 11.6 Å². The van der Waals surface area contributed by atoms with Crippen LogP contribution in [0.15, 0.2) is 47.8 Å². The first-order chi connectivity index (χ1) is 9.11. The van der Waals surface area contributed by atoms with Gasteiger partial charge in [-0.2, -0.15) is 0 Å². The molecule has 2 rings (SSSR count). The van der Waals surface area contributed by atoms with Crippen molar-refractivity contribution in [2.75, 3.05) is 11.9 Å². The van der Waals surface area contributed by atoms with Crippen molar-refractivity contribution in [1.29, 1.82) is 0 Å². The van der Waals surface area contributed by atoms with Gasteiger partial charge in [0.2, 0.25) is 0 Å². The number of rotatable bonds is 3. The van der Waals surface area contributed by atoms with Crippen molar-refractivity contribution in [2.45, 2.75) is 0 Å². The molecule has 0 saturated heterocycles. The highest BCUT2D eigenvalue weighted by Crippen LogP contribution is 2.21. The quantitative estimate of drug-likeness (QED) is 0.383. The molecule has 0 radical (unpaired) electrons. The van der Waals surface area contributed by atoms with Gasteiger partial charge in [0.15, 0.2) is 5.84 Å². The molecule has 5 nitrogen and oxygen atoms in total. The molecule has 0 bridgehead atoms. The van der Waals surface area contributed by atoms with Crippen molar-refractivity contribution in [1.82, 2.24) is 4.98 Å². The fourth-order valence-electron chi connectivity index (χ4n) is 1.59. The number of aromatic nitrogens is 1. The second kappa shape index (κ2) is 5.34. The number of halogens is 1. The van der Waals surface area contributed by atoms with Gasteiger partial charge in [-0.15, -0.1) is 0 Å². The molecule has 2 aromatic rings. The Labute approximate surface area is 109 Å². The number of hydrogen-bond acceptors (Lipinski definition) is 4.